The second kappa shape index (κ2) is 8.17. The van der Waals surface area contributed by atoms with Crippen LogP contribution in [0.1, 0.15) is 34.8 Å². The van der Waals surface area contributed by atoms with Crippen molar-refractivity contribution in [3.63, 3.8) is 0 Å². The Morgan fingerprint density at radius 2 is 1.64 bits per heavy atom. The molecule has 164 valence electrons. The molecule has 5 heteroatoms. The van der Waals surface area contributed by atoms with Crippen molar-refractivity contribution in [3.05, 3.63) is 85.8 Å². The molecule has 2 aliphatic rings. The lowest BCUT2D eigenvalue weighted by Crippen LogP contribution is -2.64. The number of nitrogens with one attached hydrogen (secondary N) is 1. The highest BCUT2D eigenvalue weighted by Crippen LogP contribution is 2.56. The van der Waals surface area contributed by atoms with Crippen LogP contribution in [0.15, 0.2) is 63.5 Å². The van der Waals surface area contributed by atoms with Crippen LogP contribution in [0.4, 0.5) is 17.1 Å². The zero-order valence-corrected chi connectivity index (χ0v) is 21.7. The highest BCUT2D eigenvalue weighted by atomic mass is 79.9. The molecule has 2 aliphatic heterocycles. The summed E-state index contributed by atoms with van der Waals surface area (Å²) in [4.78, 5) is 4.73. The molecule has 0 saturated carbocycles. The van der Waals surface area contributed by atoms with Gasteiger partial charge in [0.05, 0.1) is 13.0 Å². The van der Waals surface area contributed by atoms with Crippen LogP contribution in [0.2, 0.25) is 0 Å². The first kappa shape index (κ1) is 22.0. The van der Waals surface area contributed by atoms with Gasteiger partial charge in [-0.1, -0.05) is 43.8 Å². The summed E-state index contributed by atoms with van der Waals surface area (Å²) in [6, 6.07) is 19.4. The number of hydrogen-bond donors (Lipinski definition) is 1. The highest BCUT2D eigenvalue weighted by molar-refractivity contribution is 9.10. The Balaban J connectivity index is 1.91. The van der Waals surface area contributed by atoms with E-state index in [1.807, 2.05) is 0 Å². The van der Waals surface area contributed by atoms with Crippen LogP contribution in [-0.2, 0) is 5.66 Å². The normalized spacial score (nSPS) is 20.2. The van der Waals surface area contributed by atoms with Gasteiger partial charge in [0.1, 0.15) is 6.17 Å². The first-order valence-electron chi connectivity index (χ1n) is 10.8. The minimum Gasteiger partial charge on any atom is -0.358 e. The van der Waals surface area contributed by atoms with Crippen LogP contribution in [0.5, 0.6) is 0 Å². The zero-order chi connectivity index (χ0) is 23.3. The maximum absolute atomic E-state index is 6.04. The molecule has 1 N–H and O–H groups in total. The number of terminal acetylenes is 2. The quantitative estimate of drug-likeness (QED) is 0.345. The average molecular weight is 561 g/mol. The fraction of sp³-hybridized carbons (Fsp3) is 0.214. The number of anilines is 3. The molecule has 0 amide bonds. The van der Waals surface area contributed by atoms with Gasteiger partial charge in [-0.15, -0.1) is 18.8 Å². The van der Waals surface area contributed by atoms with Crippen LogP contribution in [-0.4, -0.2) is 6.54 Å². The predicted octanol–water partition coefficient (Wildman–Crippen LogP) is 7.09. The van der Waals surface area contributed by atoms with Crippen molar-refractivity contribution in [3.8, 4) is 24.7 Å². The predicted molar refractivity (Wildman–Crippen MR) is 144 cm³/mol. The molecule has 0 aromatic heterocycles. The second-order valence-corrected chi connectivity index (χ2v) is 10.5. The van der Waals surface area contributed by atoms with Crippen molar-refractivity contribution in [1.82, 2.24) is 0 Å². The first-order valence-corrected chi connectivity index (χ1v) is 12.4. The summed E-state index contributed by atoms with van der Waals surface area (Å²) < 4.78 is 2.02. The van der Waals surface area contributed by atoms with Gasteiger partial charge in [-0.3, -0.25) is 0 Å². The molecule has 2 atom stereocenters. The summed E-state index contributed by atoms with van der Waals surface area (Å²) in [6.45, 7) is 4.73. The zero-order valence-electron chi connectivity index (χ0n) is 18.5. The fourth-order valence-electron chi connectivity index (χ4n) is 5.31. The third-order valence-corrected chi connectivity index (χ3v) is 7.39. The van der Waals surface area contributed by atoms with Crippen molar-refractivity contribution in [2.45, 2.75) is 32.1 Å². The molecule has 2 heterocycles. The SMILES string of the molecule is C#CCN1c2ccc(Br)cc2C2(CC#C)Nc3ccc(Br)cc3C1N2c1cc(C)cc(C)c1. The number of nitrogens with zero attached hydrogens (tertiary/aromatic N) is 2. The Kier molecular flexibility index (Phi) is 5.44. The monoisotopic (exact) mass is 559 g/mol. The maximum Gasteiger partial charge on any atom is 0.152 e. The molecular formula is C28H23Br2N3. The topological polar surface area (TPSA) is 18.5 Å². The standard InChI is InChI=1S/C28H23Br2N3/c1-5-11-28-24-17-21(30)8-10-26(24)32(12-6-2)27(23-16-20(29)7-9-25(23)31-28)33(28)22-14-18(3)13-19(4)15-22/h1-2,7-10,13-17,27,31H,11-12H2,3-4H3. The van der Waals surface area contributed by atoms with Gasteiger partial charge in [0.2, 0.25) is 0 Å². The van der Waals surface area contributed by atoms with Gasteiger partial charge >= 0.3 is 0 Å². The largest absolute Gasteiger partial charge is 0.358 e. The lowest BCUT2D eigenvalue weighted by molar-refractivity contribution is 0.366. The first-order chi connectivity index (χ1) is 15.9. The van der Waals surface area contributed by atoms with E-state index < -0.39 is 5.66 Å². The minimum atomic E-state index is -0.634. The molecule has 3 aromatic carbocycles. The second-order valence-electron chi connectivity index (χ2n) is 8.68. The molecule has 2 bridgehead atoms. The third kappa shape index (κ3) is 3.43. The molecule has 0 saturated heterocycles. The Hall–Kier alpha value is -2.86. The van der Waals surface area contributed by atoms with E-state index in [0.717, 1.165) is 37.1 Å². The van der Waals surface area contributed by atoms with Crippen molar-refractivity contribution >= 4 is 48.9 Å². The summed E-state index contributed by atoms with van der Waals surface area (Å²) in [5, 5.41) is 3.87. The van der Waals surface area contributed by atoms with Gasteiger partial charge in [-0.2, -0.15) is 0 Å². The van der Waals surface area contributed by atoms with Crippen LogP contribution in [0.3, 0.4) is 0 Å². The number of hydrogen-bond acceptors (Lipinski definition) is 3. The number of rotatable bonds is 3. The van der Waals surface area contributed by atoms with Gasteiger partial charge in [0.25, 0.3) is 0 Å². The fourth-order valence-corrected chi connectivity index (χ4v) is 6.05. The molecule has 33 heavy (non-hydrogen) atoms. The lowest BCUT2D eigenvalue weighted by atomic mass is 9.82. The Morgan fingerprint density at radius 3 is 2.33 bits per heavy atom. The number of fused-ring (bicyclic) bond motifs is 6. The van der Waals surface area contributed by atoms with Crippen LogP contribution in [0, 0.1) is 38.5 Å². The number of benzene rings is 3. The van der Waals surface area contributed by atoms with E-state index in [-0.39, 0.29) is 6.17 Å². The van der Waals surface area contributed by atoms with E-state index in [2.05, 4.69) is 127 Å². The van der Waals surface area contributed by atoms with Gasteiger partial charge in [-0.25, -0.2) is 0 Å². The van der Waals surface area contributed by atoms with Crippen molar-refractivity contribution in [1.29, 1.82) is 0 Å². The Bertz CT molecular complexity index is 1330. The van der Waals surface area contributed by atoms with Crippen molar-refractivity contribution < 1.29 is 0 Å². The smallest absolute Gasteiger partial charge is 0.152 e. The van der Waals surface area contributed by atoms with E-state index in [0.29, 0.717) is 13.0 Å². The third-order valence-electron chi connectivity index (χ3n) is 6.40. The Labute approximate surface area is 212 Å². The lowest BCUT2D eigenvalue weighted by Gasteiger charge is -2.60. The van der Waals surface area contributed by atoms with E-state index >= 15 is 0 Å². The molecular weight excluding hydrogens is 538 g/mol. The molecule has 3 aromatic rings. The van der Waals surface area contributed by atoms with E-state index in [1.54, 1.807) is 0 Å². The van der Waals surface area contributed by atoms with E-state index in [1.165, 1.54) is 11.1 Å². The molecule has 0 radical (unpaired) electrons. The minimum absolute atomic E-state index is 0.127. The molecule has 0 fully saturated rings. The van der Waals surface area contributed by atoms with Gasteiger partial charge in [0.15, 0.2) is 5.66 Å². The average Bonchev–Trinajstić information content (AvgIpc) is 2.76. The molecule has 3 nitrogen and oxygen atoms in total. The Morgan fingerprint density at radius 1 is 0.939 bits per heavy atom. The van der Waals surface area contributed by atoms with E-state index in [9.17, 15) is 0 Å². The summed E-state index contributed by atoms with van der Waals surface area (Å²) in [6.07, 6.45) is 12.3. The molecule has 0 spiro atoms. The van der Waals surface area contributed by atoms with Crippen molar-refractivity contribution in [2.24, 2.45) is 0 Å². The number of halogens is 2. The summed E-state index contributed by atoms with van der Waals surface area (Å²) in [7, 11) is 0. The summed E-state index contributed by atoms with van der Waals surface area (Å²) in [5.74, 6) is 5.87. The highest BCUT2D eigenvalue weighted by Gasteiger charge is 2.53. The van der Waals surface area contributed by atoms with Gasteiger partial charge < -0.3 is 15.1 Å². The van der Waals surface area contributed by atoms with Gasteiger partial charge in [0, 0.05) is 37.1 Å². The van der Waals surface area contributed by atoms with Gasteiger partial charge in [-0.05, 0) is 73.5 Å². The summed E-state index contributed by atoms with van der Waals surface area (Å²) >= 11 is 7.37. The summed E-state index contributed by atoms with van der Waals surface area (Å²) in [5.41, 5.74) is 7.30. The molecule has 2 unspecified atom stereocenters. The van der Waals surface area contributed by atoms with E-state index in [4.69, 9.17) is 12.8 Å². The molecule has 5 rings (SSSR count). The van der Waals surface area contributed by atoms with Crippen molar-refractivity contribution in [2.75, 3.05) is 21.7 Å². The number of aryl methyl sites for hydroxylation is 2. The maximum atomic E-state index is 6.04. The van der Waals surface area contributed by atoms with Crippen LogP contribution in [0.25, 0.3) is 0 Å². The molecule has 0 aliphatic carbocycles. The van der Waals surface area contributed by atoms with Crippen LogP contribution >= 0.6 is 31.9 Å². The van der Waals surface area contributed by atoms with Crippen LogP contribution < -0.4 is 15.1 Å².